The molecule has 182 valence electrons. The van der Waals surface area contributed by atoms with Gasteiger partial charge in [0.2, 0.25) is 0 Å². The number of aromatic nitrogens is 3. The number of hydrogen-bond donors (Lipinski definition) is 1. The van der Waals surface area contributed by atoms with E-state index in [-0.39, 0.29) is 5.56 Å². The highest BCUT2D eigenvalue weighted by molar-refractivity contribution is 9.10. The Morgan fingerprint density at radius 1 is 1.24 bits per heavy atom. The molecule has 0 fully saturated rings. The molecule has 9 heteroatoms. The van der Waals surface area contributed by atoms with E-state index >= 15 is 0 Å². The summed E-state index contributed by atoms with van der Waals surface area (Å²) in [6.07, 6.45) is 4.28. The van der Waals surface area contributed by atoms with Gasteiger partial charge in [0, 0.05) is 30.4 Å². The molecule has 0 spiro atoms. The molecule has 0 aliphatic heterocycles. The third-order valence-electron chi connectivity index (χ3n) is 5.47. The average Bonchev–Trinajstić information content (AvgIpc) is 3.12. The zero-order valence-corrected chi connectivity index (χ0v) is 22.2. The third kappa shape index (κ3) is 5.91. The Kier molecular flexibility index (Phi) is 8.97. The molecule has 1 atom stereocenters. The van der Waals surface area contributed by atoms with Gasteiger partial charge in [0.05, 0.1) is 18.3 Å². The van der Waals surface area contributed by atoms with Crippen LogP contribution in [0.2, 0.25) is 5.02 Å². The molecule has 3 rings (SSSR count). The molecule has 0 bridgehead atoms. The second-order valence-corrected chi connectivity index (χ2v) is 9.36. The fourth-order valence-electron chi connectivity index (χ4n) is 3.75. The lowest BCUT2D eigenvalue weighted by Crippen LogP contribution is -2.23. The van der Waals surface area contributed by atoms with Gasteiger partial charge in [0.15, 0.2) is 10.4 Å². The van der Waals surface area contributed by atoms with Crippen LogP contribution in [0.25, 0.3) is 0 Å². The number of aryl methyl sites for hydroxylation is 2. The van der Waals surface area contributed by atoms with Crippen molar-refractivity contribution in [1.29, 1.82) is 0 Å². The number of unbranched alkanes of at least 4 members (excludes halogenated alkanes) is 1. The Morgan fingerprint density at radius 2 is 1.94 bits per heavy atom. The Labute approximate surface area is 213 Å². The van der Waals surface area contributed by atoms with E-state index in [0.29, 0.717) is 39.9 Å². The van der Waals surface area contributed by atoms with Gasteiger partial charge in [0.25, 0.3) is 5.56 Å². The lowest BCUT2D eigenvalue weighted by Gasteiger charge is -2.21. The molecule has 0 aliphatic carbocycles. The van der Waals surface area contributed by atoms with Gasteiger partial charge in [-0.15, -0.1) is 0 Å². The normalized spacial score (nSPS) is 11.9. The molecular weight excluding hydrogens is 520 g/mol. The first-order valence-electron chi connectivity index (χ1n) is 11.4. The summed E-state index contributed by atoms with van der Waals surface area (Å²) in [5.41, 5.74) is 3.08. The molecular formula is C25H30BrClN4O3. The first-order valence-corrected chi connectivity index (χ1v) is 12.6. The van der Waals surface area contributed by atoms with Crippen LogP contribution in [0.5, 0.6) is 0 Å². The standard InChI is InChI=1S/C25H30BrClN4O3/c1-5-7-13-34-24(33)22-21(29-25(26)31(22)12-6-2)20(17-8-10-18(27)11-9-17)28-19-14-16(3)23(32)30(4)15-19/h8-11,14-15,20,28H,5-7,12-13H2,1-4H3. The molecule has 1 unspecified atom stereocenters. The Bertz CT molecular complexity index is 1180. The highest BCUT2D eigenvalue weighted by atomic mass is 79.9. The second kappa shape index (κ2) is 11.7. The minimum atomic E-state index is -0.489. The zero-order chi connectivity index (χ0) is 24.8. The van der Waals surface area contributed by atoms with E-state index in [1.807, 2.05) is 30.5 Å². The number of carbonyl (C=O) groups excluding carboxylic acids is 1. The summed E-state index contributed by atoms with van der Waals surface area (Å²) in [4.78, 5) is 30.2. The van der Waals surface area contributed by atoms with E-state index in [1.54, 1.807) is 38.4 Å². The van der Waals surface area contributed by atoms with Gasteiger partial charge < -0.3 is 19.2 Å². The number of rotatable bonds is 10. The monoisotopic (exact) mass is 548 g/mol. The number of nitrogens with one attached hydrogen (secondary N) is 1. The van der Waals surface area contributed by atoms with Crippen LogP contribution >= 0.6 is 27.5 Å². The maximum atomic E-state index is 13.2. The second-order valence-electron chi connectivity index (χ2n) is 8.21. The summed E-state index contributed by atoms with van der Waals surface area (Å²) in [6, 6.07) is 8.70. The third-order valence-corrected chi connectivity index (χ3v) is 6.33. The number of halogens is 2. The maximum absolute atomic E-state index is 13.2. The van der Waals surface area contributed by atoms with Crippen LogP contribution in [0, 0.1) is 6.92 Å². The smallest absolute Gasteiger partial charge is 0.357 e. The van der Waals surface area contributed by atoms with Crippen molar-refractivity contribution in [2.75, 3.05) is 11.9 Å². The Hall–Kier alpha value is -2.58. The van der Waals surface area contributed by atoms with Gasteiger partial charge in [-0.05, 0) is 59.5 Å². The first kappa shape index (κ1) is 26.0. The van der Waals surface area contributed by atoms with Crippen molar-refractivity contribution in [3.05, 3.63) is 79.2 Å². The minimum Gasteiger partial charge on any atom is -0.461 e. The van der Waals surface area contributed by atoms with Crippen LogP contribution in [0.3, 0.4) is 0 Å². The molecule has 7 nitrogen and oxygen atoms in total. The molecule has 0 aliphatic rings. The van der Waals surface area contributed by atoms with Gasteiger partial charge in [-0.25, -0.2) is 9.78 Å². The number of imidazole rings is 1. The summed E-state index contributed by atoms with van der Waals surface area (Å²) in [5, 5.41) is 4.09. The van der Waals surface area contributed by atoms with E-state index in [9.17, 15) is 9.59 Å². The van der Waals surface area contributed by atoms with E-state index in [0.717, 1.165) is 30.5 Å². The maximum Gasteiger partial charge on any atom is 0.357 e. The fraction of sp³-hybridized carbons (Fsp3) is 0.400. The fourth-order valence-corrected chi connectivity index (χ4v) is 4.42. The van der Waals surface area contributed by atoms with E-state index < -0.39 is 12.0 Å². The summed E-state index contributed by atoms with van der Waals surface area (Å²) < 4.78 is 9.54. The number of pyridine rings is 1. The van der Waals surface area contributed by atoms with E-state index in [4.69, 9.17) is 21.3 Å². The lowest BCUT2D eigenvalue weighted by molar-refractivity contribution is 0.0485. The van der Waals surface area contributed by atoms with Crippen LogP contribution < -0.4 is 10.9 Å². The molecule has 2 heterocycles. The lowest BCUT2D eigenvalue weighted by atomic mass is 10.0. The summed E-state index contributed by atoms with van der Waals surface area (Å²) in [6.45, 7) is 6.82. The molecule has 3 aromatic rings. The predicted molar refractivity (Wildman–Crippen MR) is 139 cm³/mol. The van der Waals surface area contributed by atoms with Gasteiger partial charge in [-0.2, -0.15) is 0 Å². The minimum absolute atomic E-state index is 0.0660. The number of esters is 1. The Morgan fingerprint density at radius 3 is 2.56 bits per heavy atom. The molecule has 0 radical (unpaired) electrons. The molecule has 0 saturated carbocycles. The SMILES string of the molecule is CCCCOC(=O)c1c(C(Nc2cc(C)c(=O)n(C)c2)c2ccc(Cl)cc2)nc(Br)n1CCC. The molecule has 2 aromatic heterocycles. The molecule has 1 aromatic carbocycles. The van der Waals surface area contributed by atoms with Crippen molar-refractivity contribution < 1.29 is 9.53 Å². The number of ether oxygens (including phenoxy) is 1. The topological polar surface area (TPSA) is 78.2 Å². The molecule has 34 heavy (non-hydrogen) atoms. The first-order chi connectivity index (χ1) is 16.3. The van der Waals surface area contributed by atoms with Crippen LogP contribution in [0.4, 0.5) is 5.69 Å². The number of benzene rings is 1. The highest BCUT2D eigenvalue weighted by Gasteiger charge is 2.30. The number of anilines is 1. The molecule has 1 N–H and O–H groups in total. The van der Waals surface area contributed by atoms with E-state index in [2.05, 4.69) is 21.2 Å². The van der Waals surface area contributed by atoms with Crippen LogP contribution in [0.1, 0.15) is 66.5 Å². The van der Waals surface area contributed by atoms with Gasteiger partial charge in [-0.3, -0.25) is 4.79 Å². The summed E-state index contributed by atoms with van der Waals surface area (Å²) in [5.74, 6) is -0.410. The van der Waals surface area contributed by atoms with Crippen LogP contribution in [-0.4, -0.2) is 26.7 Å². The van der Waals surface area contributed by atoms with Crippen LogP contribution in [-0.2, 0) is 18.3 Å². The van der Waals surface area contributed by atoms with Crippen molar-refractivity contribution in [2.45, 2.75) is 52.6 Å². The number of carbonyl (C=O) groups is 1. The van der Waals surface area contributed by atoms with Crippen molar-refractivity contribution >= 4 is 39.2 Å². The summed E-state index contributed by atoms with van der Waals surface area (Å²) >= 11 is 9.68. The van der Waals surface area contributed by atoms with Crippen molar-refractivity contribution in [3.63, 3.8) is 0 Å². The van der Waals surface area contributed by atoms with Crippen LogP contribution in [0.15, 0.2) is 46.1 Å². The molecule has 0 amide bonds. The summed E-state index contributed by atoms with van der Waals surface area (Å²) in [7, 11) is 1.71. The predicted octanol–water partition coefficient (Wildman–Crippen LogP) is 5.87. The highest BCUT2D eigenvalue weighted by Crippen LogP contribution is 2.32. The van der Waals surface area contributed by atoms with Crippen molar-refractivity contribution in [1.82, 2.24) is 14.1 Å². The molecule has 0 saturated heterocycles. The average molecular weight is 550 g/mol. The van der Waals surface area contributed by atoms with E-state index in [1.165, 1.54) is 4.57 Å². The zero-order valence-electron chi connectivity index (χ0n) is 19.9. The Balaban J connectivity index is 2.15. The largest absolute Gasteiger partial charge is 0.461 e. The number of hydrogen-bond acceptors (Lipinski definition) is 5. The quantitative estimate of drug-likeness (QED) is 0.253. The van der Waals surface area contributed by atoms with Crippen molar-refractivity contribution in [2.24, 2.45) is 7.05 Å². The van der Waals surface area contributed by atoms with Gasteiger partial charge in [0.1, 0.15) is 5.69 Å². The van der Waals surface area contributed by atoms with Crippen molar-refractivity contribution in [3.8, 4) is 0 Å². The van der Waals surface area contributed by atoms with Gasteiger partial charge in [-0.1, -0.05) is 44.0 Å². The number of nitrogens with zero attached hydrogens (tertiary/aromatic N) is 3. The van der Waals surface area contributed by atoms with Gasteiger partial charge >= 0.3 is 5.97 Å².